The maximum Gasteiger partial charge on any atom is 0.274 e. The van der Waals surface area contributed by atoms with Crippen LogP contribution in [0.2, 0.25) is 0 Å². The summed E-state index contributed by atoms with van der Waals surface area (Å²) in [5.74, 6) is -0.392. The average molecular weight is 1250 g/mol. The molecule has 0 aliphatic carbocycles. The number of benzene rings is 3. The van der Waals surface area contributed by atoms with Crippen LogP contribution in [-0.2, 0) is 83.1 Å². The number of thiazole rings is 1. The van der Waals surface area contributed by atoms with Crippen molar-refractivity contribution < 1.29 is 76.5 Å². The lowest BCUT2D eigenvalue weighted by Gasteiger charge is -2.09. The number of nitrogens with one attached hydrogen (secondary N) is 4. The molecule has 26 nitrogen and oxygen atoms in total. The summed E-state index contributed by atoms with van der Waals surface area (Å²) in [5.41, 5.74) is 7.10. The summed E-state index contributed by atoms with van der Waals surface area (Å²) in [7, 11) is 0. The SMILES string of the molecule is Cc1cc(C)nc(SCC(=O)Nc2ncc(Cc3cccc(OCc4cn(CCOCCOCCOCCOCCOCCOCCOCCOCCOCCOCCC(=O)Nc5ccc(C(=O)NCc6ccc(C(=O)NO)cc6)cc5)nn4)c3)s2)n1. The number of carbonyl (C=O) groups excluding carboxylic acids is 4. The predicted molar refractivity (Wildman–Crippen MR) is 321 cm³/mol. The first-order valence-corrected chi connectivity index (χ1v) is 30.2. The van der Waals surface area contributed by atoms with E-state index in [1.807, 2.05) is 50.4 Å². The van der Waals surface area contributed by atoms with E-state index in [0.29, 0.717) is 177 Å². The van der Waals surface area contributed by atoms with E-state index in [4.69, 9.17) is 57.3 Å². The van der Waals surface area contributed by atoms with Gasteiger partial charge < -0.3 is 68.1 Å². The van der Waals surface area contributed by atoms with Gasteiger partial charge >= 0.3 is 0 Å². The molecule has 0 saturated carbocycles. The Morgan fingerprint density at radius 2 is 1.11 bits per heavy atom. The Balaban J connectivity index is 0.621. The Morgan fingerprint density at radius 3 is 1.68 bits per heavy atom. The maximum absolute atomic E-state index is 12.5. The molecule has 0 fully saturated rings. The second-order valence-corrected chi connectivity index (χ2v) is 20.9. The number of thioether (sulfide) groups is 1. The minimum atomic E-state index is -0.617. The van der Waals surface area contributed by atoms with E-state index >= 15 is 0 Å². The summed E-state index contributed by atoms with van der Waals surface area (Å²) in [4.78, 5) is 63.0. The van der Waals surface area contributed by atoms with Crippen molar-refractivity contribution in [2.75, 3.05) is 149 Å². The Kier molecular flexibility index (Phi) is 33.5. The molecule has 0 aliphatic heterocycles. The summed E-state index contributed by atoms with van der Waals surface area (Å²) >= 11 is 2.73. The van der Waals surface area contributed by atoms with Gasteiger partial charge in [-0.1, -0.05) is 41.2 Å². The van der Waals surface area contributed by atoms with Crippen LogP contribution in [0.25, 0.3) is 0 Å². The number of aromatic nitrogens is 6. The van der Waals surface area contributed by atoms with Crippen molar-refractivity contribution in [3.8, 4) is 5.75 Å². The van der Waals surface area contributed by atoms with Crippen LogP contribution in [0.1, 0.15) is 60.2 Å². The van der Waals surface area contributed by atoms with E-state index in [1.165, 1.54) is 23.1 Å². The van der Waals surface area contributed by atoms with E-state index in [0.717, 1.165) is 27.4 Å². The largest absolute Gasteiger partial charge is 0.487 e. The van der Waals surface area contributed by atoms with Crippen LogP contribution in [0.5, 0.6) is 5.75 Å². The molecule has 0 aliphatic rings. The Labute approximate surface area is 513 Å². The minimum absolute atomic E-state index is 0.157. The first-order chi connectivity index (χ1) is 42.6. The van der Waals surface area contributed by atoms with Crippen LogP contribution in [0.3, 0.4) is 0 Å². The van der Waals surface area contributed by atoms with Gasteiger partial charge in [0, 0.05) is 52.2 Å². The summed E-state index contributed by atoms with van der Waals surface area (Å²) in [6.07, 6.45) is 4.41. The molecule has 472 valence electrons. The molecule has 3 heterocycles. The van der Waals surface area contributed by atoms with Crippen molar-refractivity contribution in [1.29, 1.82) is 0 Å². The highest BCUT2D eigenvalue weighted by atomic mass is 32.2. The zero-order valence-electron chi connectivity index (χ0n) is 49.1. The van der Waals surface area contributed by atoms with Crippen LogP contribution in [0.15, 0.2) is 96.4 Å². The lowest BCUT2D eigenvalue weighted by molar-refractivity contribution is -0.117. The molecule has 87 heavy (non-hydrogen) atoms. The number of amides is 4. The van der Waals surface area contributed by atoms with Gasteiger partial charge in [-0.3, -0.25) is 24.4 Å². The molecule has 0 bridgehead atoms. The number of carbonyl (C=O) groups is 4. The van der Waals surface area contributed by atoms with Gasteiger partial charge in [0.05, 0.1) is 157 Å². The monoisotopic (exact) mass is 1250 g/mol. The number of hydroxylamine groups is 1. The third-order valence-corrected chi connectivity index (χ3v) is 13.6. The molecule has 6 aromatic rings. The number of aryl methyl sites for hydroxylation is 2. The highest BCUT2D eigenvalue weighted by Crippen LogP contribution is 2.24. The Bertz CT molecular complexity index is 2900. The summed E-state index contributed by atoms with van der Waals surface area (Å²) in [5, 5.41) is 26.7. The fourth-order valence-corrected chi connectivity index (χ4v) is 9.18. The molecule has 0 atom stereocenters. The van der Waals surface area contributed by atoms with Gasteiger partial charge in [0.2, 0.25) is 11.8 Å². The molecule has 3 aromatic heterocycles. The molecular weight excluding hydrogens is 1170 g/mol. The third-order valence-electron chi connectivity index (χ3n) is 11.8. The van der Waals surface area contributed by atoms with Gasteiger partial charge in [0.25, 0.3) is 11.8 Å². The zero-order chi connectivity index (χ0) is 61.4. The number of nitrogens with zero attached hydrogens (tertiary/aromatic N) is 6. The van der Waals surface area contributed by atoms with E-state index in [-0.39, 0.29) is 49.7 Å². The lowest BCUT2D eigenvalue weighted by atomic mass is 10.1. The number of hydrogen-bond acceptors (Lipinski definition) is 23. The van der Waals surface area contributed by atoms with Gasteiger partial charge in [-0.25, -0.2) is 25.1 Å². The molecule has 5 N–H and O–H groups in total. The fraction of sp³-hybridized carbons (Fsp3) is 0.475. The van der Waals surface area contributed by atoms with Gasteiger partial charge in [-0.05, 0) is 79.6 Å². The summed E-state index contributed by atoms with van der Waals surface area (Å²) < 4.78 is 63.3. The normalized spacial score (nSPS) is 11.2. The van der Waals surface area contributed by atoms with E-state index in [9.17, 15) is 19.2 Å². The average Bonchev–Trinajstić information content (AvgIpc) is 4.43. The van der Waals surface area contributed by atoms with Gasteiger partial charge in [0.1, 0.15) is 18.1 Å². The standard InChI is InChI=1S/C59H78N10O16S2/c1-44-36-45(2)63-59(62-44)86-43-55(71)65-58-61-40-53(87-58)38-47-4-3-5-52(37-47)85-42-51-41-69(68-66-51)15-17-76-19-21-78-23-25-80-27-29-82-31-33-84-35-34-83-32-30-81-28-26-79-24-22-77-20-18-75-16-14-54(70)64-50-12-10-48(11-13-50)56(72)60-39-46-6-8-49(9-7-46)57(73)67-74/h3-13,36-37,40-41,74H,14-35,38-39,42-43H2,1-2H3,(H,60,72)(H,64,70)(H,67,73)(H,61,65,71). The first kappa shape index (κ1) is 69.2. The lowest BCUT2D eigenvalue weighted by Crippen LogP contribution is -2.23. The third kappa shape index (κ3) is 30.0. The van der Waals surface area contributed by atoms with Gasteiger partial charge in [0.15, 0.2) is 10.3 Å². The van der Waals surface area contributed by atoms with Crippen LogP contribution < -0.4 is 26.2 Å². The van der Waals surface area contributed by atoms with Crippen molar-refractivity contribution in [3.05, 3.63) is 135 Å². The van der Waals surface area contributed by atoms with Crippen LogP contribution >= 0.6 is 23.1 Å². The molecule has 0 saturated heterocycles. The minimum Gasteiger partial charge on any atom is -0.487 e. The van der Waals surface area contributed by atoms with E-state index < -0.39 is 5.91 Å². The van der Waals surface area contributed by atoms with Crippen molar-refractivity contribution >= 4 is 57.5 Å². The quantitative estimate of drug-likeness (QED) is 0.0107. The highest BCUT2D eigenvalue weighted by Gasteiger charge is 2.13. The van der Waals surface area contributed by atoms with Crippen molar-refractivity contribution in [2.24, 2.45) is 0 Å². The first-order valence-electron chi connectivity index (χ1n) is 28.4. The van der Waals surface area contributed by atoms with Crippen LogP contribution in [0.4, 0.5) is 10.8 Å². The van der Waals surface area contributed by atoms with Gasteiger partial charge in [-0.15, -0.1) is 16.4 Å². The van der Waals surface area contributed by atoms with Gasteiger partial charge in [-0.2, -0.15) is 0 Å². The molecule has 0 unspecified atom stereocenters. The number of anilines is 2. The molecular formula is C59H78N10O16S2. The predicted octanol–water partition coefficient (Wildman–Crippen LogP) is 5.29. The zero-order valence-corrected chi connectivity index (χ0v) is 50.7. The van der Waals surface area contributed by atoms with E-state index in [1.54, 1.807) is 64.9 Å². The van der Waals surface area contributed by atoms with Crippen LogP contribution in [0, 0.1) is 13.8 Å². The second kappa shape index (κ2) is 42.1. The summed E-state index contributed by atoms with van der Waals surface area (Å²) in [6, 6.07) is 22.7. The second-order valence-electron chi connectivity index (χ2n) is 18.8. The molecule has 0 radical (unpaired) electrons. The fourth-order valence-electron chi connectivity index (χ4n) is 7.56. The molecule has 6 rings (SSSR count). The number of ether oxygens (including phenoxy) is 11. The number of hydrogen-bond donors (Lipinski definition) is 5. The Hall–Kier alpha value is -6.90. The molecule has 3 aromatic carbocycles. The van der Waals surface area contributed by atoms with Crippen molar-refractivity contribution in [2.45, 2.75) is 51.5 Å². The molecule has 0 spiro atoms. The molecule has 28 heteroatoms. The van der Waals surface area contributed by atoms with Crippen molar-refractivity contribution in [3.63, 3.8) is 0 Å². The summed E-state index contributed by atoms with van der Waals surface area (Å²) in [6.45, 7) is 13.3. The van der Waals surface area contributed by atoms with Crippen LogP contribution in [-0.4, -0.2) is 197 Å². The highest BCUT2D eigenvalue weighted by molar-refractivity contribution is 7.99. The van der Waals surface area contributed by atoms with Crippen molar-refractivity contribution in [1.82, 2.24) is 40.7 Å². The smallest absolute Gasteiger partial charge is 0.274 e. The number of rotatable bonds is 47. The Morgan fingerprint density at radius 1 is 0.586 bits per heavy atom. The maximum atomic E-state index is 12.5. The topological polar surface area (TPSA) is 308 Å². The van der Waals surface area contributed by atoms with E-state index in [2.05, 4.69) is 41.2 Å². The molecule has 4 amide bonds.